The predicted octanol–water partition coefficient (Wildman–Crippen LogP) is 1.47. The molecule has 1 atom stereocenters. The summed E-state index contributed by atoms with van der Waals surface area (Å²) in [4.78, 5) is 6.17. The van der Waals surface area contributed by atoms with E-state index in [0.717, 1.165) is 43.7 Å². The lowest BCUT2D eigenvalue weighted by molar-refractivity contribution is 0.350. The van der Waals surface area contributed by atoms with Crippen LogP contribution in [-0.2, 0) is 6.54 Å². The lowest BCUT2D eigenvalue weighted by Crippen LogP contribution is -2.38. The molecule has 22 heavy (non-hydrogen) atoms. The summed E-state index contributed by atoms with van der Waals surface area (Å²) in [5.74, 6) is 1.19. The first-order valence-corrected chi connectivity index (χ1v) is 7.50. The quantitative estimate of drug-likeness (QED) is 0.853. The zero-order valence-corrected chi connectivity index (χ0v) is 12.9. The van der Waals surface area contributed by atoms with Crippen LogP contribution < -0.4 is 4.90 Å². The topological polar surface area (TPSA) is 83.5 Å². The van der Waals surface area contributed by atoms with Crippen LogP contribution in [0.4, 0.5) is 5.82 Å². The van der Waals surface area contributed by atoms with Crippen molar-refractivity contribution < 1.29 is 0 Å². The molecule has 0 aromatic carbocycles. The molecule has 0 bridgehead atoms. The second-order valence-corrected chi connectivity index (χ2v) is 5.79. The zero-order chi connectivity index (χ0) is 15.5. The van der Waals surface area contributed by atoms with Crippen molar-refractivity contribution >= 4 is 5.82 Å². The van der Waals surface area contributed by atoms with Gasteiger partial charge in [0.05, 0.1) is 5.69 Å². The smallest absolute Gasteiger partial charge is 0.169 e. The van der Waals surface area contributed by atoms with Gasteiger partial charge in [0.25, 0.3) is 0 Å². The van der Waals surface area contributed by atoms with E-state index in [9.17, 15) is 5.26 Å². The SMILES string of the molecule is Cc1nnc(N2CCCC(Cn3cncn3)C2)c(C#N)c1C. The lowest BCUT2D eigenvalue weighted by Gasteiger charge is -2.33. The lowest BCUT2D eigenvalue weighted by atomic mass is 9.97. The van der Waals surface area contributed by atoms with E-state index in [-0.39, 0.29) is 0 Å². The Morgan fingerprint density at radius 3 is 2.95 bits per heavy atom. The third kappa shape index (κ3) is 2.77. The van der Waals surface area contributed by atoms with Crippen LogP contribution in [0.25, 0.3) is 0 Å². The minimum Gasteiger partial charge on any atom is -0.354 e. The summed E-state index contributed by atoms with van der Waals surface area (Å²) in [6.45, 7) is 6.45. The largest absolute Gasteiger partial charge is 0.354 e. The van der Waals surface area contributed by atoms with E-state index in [4.69, 9.17) is 0 Å². The van der Waals surface area contributed by atoms with Gasteiger partial charge in [-0.1, -0.05) is 0 Å². The first-order chi connectivity index (χ1) is 10.7. The van der Waals surface area contributed by atoms with Crippen molar-refractivity contribution in [2.24, 2.45) is 5.92 Å². The van der Waals surface area contributed by atoms with E-state index in [1.54, 1.807) is 12.7 Å². The fourth-order valence-corrected chi connectivity index (χ4v) is 2.95. The van der Waals surface area contributed by atoms with Gasteiger partial charge in [0.15, 0.2) is 5.82 Å². The molecule has 0 saturated carbocycles. The summed E-state index contributed by atoms with van der Waals surface area (Å²) in [5.41, 5.74) is 2.39. The molecule has 7 nitrogen and oxygen atoms in total. The highest BCUT2D eigenvalue weighted by Gasteiger charge is 2.24. The molecule has 1 fully saturated rings. The van der Waals surface area contributed by atoms with Crippen molar-refractivity contribution in [1.82, 2.24) is 25.0 Å². The van der Waals surface area contributed by atoms with Crippen LogP contribution in [0.3, 0.4) is 0 Å². The molecule has 0 spiro atoms. The Labute approximate surface area is 129 Å². The summed E-state index contributed by atoms with van der Waals surface area (Å²) in [7, 11) is 0. The van der Waals surface area contributed by atoms with E-state index in [2.05, 4.69) is 31.2 Å². The molecular weight excluding hydrogens is 278 g/mol. The number of hydrogen-bond donors (Lipinski definition) is 0. The molecule has 0 aliphatic carbocycles. The summed E-state index contributed by atoms with van der Waals surface area (Å²) >= 11 is 0. The van der Waals surface area contributed by atoms with Crippen LogP contribution in [-0.4, -0.2) is 38.1 Å². The van der Waals surface area contributed by atoms with Gasteiger partial charge in [0.2, 0.25) is 0 Å². The number of nitrogens with zero attached hydrogens (tertiary/aromatic N) is 7. The molecule has 1 unspecified atom stereocenters. The van der Waals surface area contributed by atoms with Crippen molar-refractivity contribution in [1.29, 1.82) is 5.26 Å². The molecule has 0 radical (unpaired) electrons. The Kier molecular flexibility index (Phi) is 4.00. The van der Waals surface area contributed by atoms with Crippen molar-refractivity contribution in [2.45, 2.75) is 33.2 Å². The number of aryl methyl sites for hydroxylation is 1. The van der Waals surface area contributed by atoms with Crippen molar-refractivity contribution in [2.75, 3.05) is 18.0 Å². The third-order valence-electron chi connectivity index (χ3n) is 4.28. The maximum atomic E-state index is 9.46. The highest BCUT2D eigenvalue weighted by atomic mass is 15.3. The zero-order valence-electron chi connectivity index (χ0n) is 12.9. The Morgan fingerprint density at radius 2 is 2.23 bits per heavy atom. The molecule has 0 N–H and O–H groups in total. The first kappa shape index (κ1) is 14.4. The molecule has 2 aromatic rings. The normalized spacial score (nSPS) is 18.2. The Bertz CT molecular complexity index is 687. The average Bonchev–Trinajstić information content (AvgIpc) is 3.03. The van der Waals surface area contributed by atoms with E-state index >= 15 is 0 Å². The molecule has 1 saturated heterocycles. The van der Waals surface area contributed by atoms with E-state index in [1.165, 1.54) is 0 Å². The Balaban J connectivity index is 1.80. The molecule has 114 valence electrons. The van der Waals surface area contributed by atoms with Crippen molar-refractivity contribution in [3.05, 3.63) is 29.5 Å². The fourth-order valence-electron chi connectivity index (χ4n) is 2.95. The van der Waals surface area contributed by atoms with Crippen LogP contribution in [0.1, 0.15) is 29.7 Å². The third-order valence-corrected chi connectivity index (χ3v) is 4.28. The number of anilines is 1. The second kappa shape index (κ2) is 6.10. The minimum absolute atomic E-state index is 0.477. The van der Waals surface area contributed by atoms with Crippen LogP contribution in [0.15, 0.2) is 12.7 Å². The van der Waals surface area contributed by atoms with Gasteiger partial charge in [-0.2, -0.15) is 15.5 Å². The number of aromatic nitrogens is 5. The van der Waals surface area contributed by atoms with E-state index in [0.29, 0.717) is 17.3 Å². The molecule has 2 aromatic heterocycles. The molecule has 1 aliphatic heterocycles. The maximum Gasteiger partial charge on any atom is 0.169 e. The first-order valence-electron chi connectivity index (χ1n) is 7.50. The molecule has 1 aliphatic rings. The molecule has 7 heteroatoms. The number of nitriles is 1. The van der Waals surface area contributed by atoms with Gasteiger partial charge in [0, 0.05) is 19.6 Å². The Hall–Kier alpha value is -2.49. The number of rotatable bonds is 3. The highest BCUT2D eigenvalue weighted by Crippen LogP contribution is 2.26. The fraction of sp³-hybridized carbons (Fsp3) is 0.533. The van der Waals surface area contributed by atoms with Crippen LogP contribution in [0.2, 0.25) is 0 Å². The van der Waals surface area contributed by atoms with Gasteiger partial charge in [-0.3, -0.25) is 4.68 Å². The van der Waals surface area contributed by atoms with Crippen molar-refractivity contribution in [3.8, 4) is 6.07 Å². The Morgan fingerprint density at radius 1 is 1.36 bits per heavy atom. The second-order valence-electron chi connectivity index (χ2n) is 5.79. The standard InChI is InChI=1S/C15H19N7/c1-11-12(2)19-20-15(14(11)6-16)21-5-3-4-13(7-21)8-22-10-17-9-18-22/h9-10,13H,3-5,7-8H2,1-2H3. The van der Waals surface area contributed by atoms with E-state index in [1.807, 2.05) is 18.5 Å². The van der Waals surface area contributed by atoms with Crippen molar-refractivity contribution in [3.63, 3.8) is 0 Å². The molecular formula is C15H19N7. The highest BCUT2D eigenvalue weighted by molar-refractivity contribution is 5.57. The van der Waals surface area contributed by atoms with Gasteiger partial charge >= 0.3 is 0 Å². The molecule has 0 amide bonds. The molecule has 3 heterocycles. The van der Waals surface area contributed by atoms with Gasteiger partial charge < -0.3 is 4.90 Å². The maximum absolute atomic E-state index is 9.46. The monoisotopic (exact) mass is 297 g/mol. The van der Waals surface area contributed by atoms with Crippen LogP contribution in [0.5, 0.6) is 0 Å². The molecule has 3 rings (SSSR count). The number of piperidine rings is 1. The van der Waals surface area contributed by atoms with Gasteiger partial charge in [-0.15, -0.1) is 5.10 Å². The summed E-state index contributed by atoms with van der Waals surface area (Å²) < 4.78 is 1.87. The summed E-state index contributed by atoms with van der Waals surface area (Å²) in [6.07, 6.45) is 5.54. The minimum atomic E-state index is 0.477. The summed E-state index contributed by atoms with van der Waals surface area (Å²) in [5, 5.41) is 22.1. The van der Waals surface area contributed by atoms with Gasteiger partial charge in [-0.25, -0.2) is 4.98 Å². The summed E-state index contributed by atoms with van der Waals surface area (Å²) in [6, 6.07) is 2.29. The van der Waals surface area contributed by atoms with E-state index < -0.39 is 0 Å². The van der Waals surface area contributed by atoms with Crippen LogP contribution >= 0.6 is 0 Å². The van der Waals surface area contributed by atoms with Gasteiger partial charge in [-0.05, 0) is 38.2 Å². The average molecular weight is 297 g/mol. The van der Waals surface area contributed by atoms with Crippen LogP contribution in [0, 0.1) is 31.1 Å². The predicted molar refractivity (Wildman–Crippen MR) is 81.2 cm³/mol. The number of hydrogen-bond acceptors (Lipinski definition) is 6. The van der Waals surface area contributed by atoms with Gasteiger partial charge in [0.1, 0.15) is 24.3 Å².